The first-order chi connectivity index (χ1) is 18.6. The van der Waals surface area contributed by atoms with Crippen LogP contribution < -0.4 is 10.6 Å². The fourth-order valence-corrected chi connectivity index (χ4v) is 6.83. The van der Waals surface area contributed by atoms with Crippen LogP contribution in [0.1, 0.15) is 55.8 Å². The molecule has 0 bridgehead atoms. The molecule has 0 spiro atoms. The molecule has 1 saturated carbocycles. The molecule has 39 heavy (non-hydrogen) atoms. The zero-order valence-corrected chi connectivity index (χ0v) is 24.3. The Morgan fingerprint density at radius 2 is 1.87 bits per heavy atom. The summed E-state index contributed by atoms with van der Waals surface area (Å²) in [6.45, 7) is 2.25. The summed E-state index contributed by atoms with van der Waals surface area (Å²) in [5.74, 6) is -0.487. The van der Waals surface area contributed by atoms with Crippen molar-refractivity contribution in [2.45, 2.75) is 62.5 Å². The zero-order valence-electron chi connectivity index (χ0n) is 21.9. The molecule has 1 amide bonds. The van der Waals surface area contributed by atoms with E-state index in [0.29, 0.717) is 29.4 Å². The number of sulfone groups is 1. The van der Waals surface area contributed by atoms with Gasteiger partial charge in [0.05, 0.1) is 20.5 Å². The summed E-state index contributed by atoms with van der Waals surface area (Å²) >= 11 is 7.34. The van der Waals surface area contributed by atoms with Crippen LogP contribution in [0.2, 0.25) is 5.02 Å². The Hall–Kier alpha value is -2.79. The number of nitrogens with one attached hydrogen (secondary N) is 2. The van der Waals surface area contributed by atoms with Crippen LogP contribution in [0.3, 0.4) is 0 Å². The van der Waals surface area contributed by atoms with Crippen molar-refractivity contribution >= 4 is 49.8 Å². The number of rotatable bonds is 11. The number of ether oxygens (including phenoxy) is 1. The first-order valence-electron chi connectivity index (χ1n) is 12.9. The minimum Gasteiger partial charge on any atom is -0.461 e. The lowest BCUT2D eigenvalue weighted by molar-refractivity contribution is -0.151. The second-order valence-electron chi connectivity index (χ2n) is 9.64. The van der Waals surface area contributed by atoms with E-state index in [2.05, 4.69) is 15.6 Å². The van der Waals surface area contributed by atoms with Gasteiger partial charge >= 0.3 is 5.97 Å². The number of esters is 1. The molecular weight excluding hydrogens is 558 g/mol. The lowest BCUT2D eigenvalue weighted by Gasteiger charge is -2.20. The number of halogens is 1. The SMILES string of the molecule is Cc1nc(NC(=O)CCCN[C@@H](C(=O)OC2CCCC2)c2ccccc2)sc1-c1ccc(Cl)c(S(C)(=O)=O)c1. The van der Waals surface area contributed by atoms with Crippen molar-refractivity contribution in [2.75, 3.05) is 18.1 Å². The second-order valence-corrected chi connectivity index (χ2v) is 13.0. The summed E-state index contributed by atoms with van der Waals surface area (Å²) in [4.78, 5) is 30.8. The average Bonchev–Trinajstić information content (AvgIpc) is 3.53. The smallest absolute Gasteiger partial charge is 0.328 e. The van der Waals surface area contributed by atoms with E-state index in [1.165, 1.54) is 17.4 Å². The molecule has 1 aromatic heterocycles. The molecule has 1 heterocycles. The molecule has 1 atom stereocenters. The highest BCUT2D eigenvalue weighted by molar-refractivity contribution is 7.90. The van der Waals surface area contributed by atoms with Crippen molar-refractivity contribution in [3.05, 3.63) is 64.8 Å². The largest absolute Gasteiger partial charge is 0.461 e. The third-order valence-corrected chi connectivity index (χ3v) is 9.22. The third-order valence-electron chi connectivity index (χ3n) is 6.52. The zero-order chi connectivity index (χ0) is 28.0. The molecule has 1 aliphatic carbocycles. The van der Waals surface area contributed by atoms with Gasteiger partial charge in [0, 0.05) is 12.7 Å². The van der Waals surface area contributed by atoms with E-state index in [9.17, 15) is 18.0 Å². The van der Waals surface area contributed by atoms with Gasteiger partial charge in [0.15, 0.2) is 15.0 Å². The maximum absolute atomic E-state index is 12.9. The summed E-state index contributed by atoms with van der Waals surface area (Å²) in [6.07, 6.45) is 5.81. The average molecular weight is 590 g/mol. The van der Waals surface area contributed by atoms with Crippen LogP contribution in [0.4, 0.5) is 5.13 Å². The van der Waals surface area contributed by atoms with Gasteiger partial charge in [0.1, 0.15) is 12.1 Å². The number of amides is 1. The molecule has 0 aliphatic heterocycles. The number of aromatic nitrogens is 1. The second kappa shape index (κ2) is 13.0. The molecule has 0 saturated heterocycles. The number of carbonyl (C=O) groups is 2. The minimum absolute atomic E-state index is 0.0197. The Bertz CT molecular complexity index is 1420. The number of hydrogen-bond acceptors (Lipinski definition) is 8. The van der Waals surface area contributed by atoms with E-state index >= 15 is 0 Å². The molecule has 0 radical (unpaired) electrons. The van der Waals surface area contributed by atoms with E-state index in [1.54, 1.807) is 19.1 Å². The predicted molar refractivity (Wildman–Crippen MR) is 154 cm³/mol. The van der Waals surface area contributed by atoms with Gasteiger partial charge in [0.2, 0.25) is 5.91 Å². The fourth-order valence-electron chi connectivity index (χ4n) is 4.54. The Labute approximate surface area is 238 Å². The first kappa shape index (κ1) is 29.2. The number of aryl methyl sites for hydroxylation is 1. The number of carbonyl (C=O) groups excluding carboxylic acids is 2. The molecule has 3 aromatic rings. The molecule has 2 N–H and O–H groups in total. The Kier molecular flexibility index (Phi) is 9.76. The predicted octanol–water partition coefficient (Wildman–Crippen LogP) is 5.71. The Balaban J connectivity index is 1.32. The highest BCUT2D eigenvalue weighted by Gasteiger charge is 2.26. The lowest BCUT2D eigenvalue weighted by atomic mass is 10.1. The first-order valence-corrected chi connectivity index (χ1v) is 16.0. The van der Waals surface area contributed by atoms with Crippen LogP contribution in [0.15, 0.2) is 53.4 Å². The summed E-state index contributed by atoms with van der Waals surface area (Å²) in [5, 5.41) is 6.67. The molecule has 4 rings (SSSR count). The van der Waals surface area contributed by atoms with Crippen molar-refractivity contribution in [2.24, 2.45) is 0 Å². The molecule has 208 valence electrons. The highest BCUT2D eigenvalue weighted by atomic mass is 35.5. The van der Waals surface area contributed by atoms with E-state index < -0.39 is 15.9 Å². The van der Waals surface area contributed by atoms with Gasteiger partial charge in [-0.1, -0.05) is 59.3 Å². The maximum atomic E-state index is 12.9. The Morgan fingerprint density at radius 1 is 1.15 bits per heavy atom. The van der Waals surface area contributed by atoms with Crippen LogP contribution in [-0.4, -0.2) is 44.2 Å². The van der Waals surface area contributed by atoms with E-state index in [1.807, 2.05) is 30.3 Å². The lowest BCUT2D eigenvalue weighted by Crippen LogP contribution is -2.33. The molecular formula is C28H32ClN3O5S2. The van der Waals surface area contributed by atoms with Crippen LogP contribution in [0.5, 0.6) is 0 Å². The standard InChI is InChI=1S/C28H32ClN3O5S2/c1-18-26(20-14-15-22(29)23(17-20)39(2,35)36)38-28(31-18)32-24(33)13-8-16-30-25(19-9-4-3-5-10-19)27(34)37-21-11-6-7-12-21/h3-5,9-10,14-15,17,21,25,30H,6-8,11-13,16H2,1-2H3,(H,31,32,33)/t25-/m1/s1. The van der Waals surface area contributed by atoms with Crippen molar-refractivity contribution in [1.29, 1.82) is 0 Å². The van der Waals surface area contributed by atoms with E-state index in [0.717, 1.165) is 42.4 Å². The minimum atomic E-state index is -3.49. The monoisotopic (exact) mass is 589 g/mol. The van der Waals surface area contributed by atoms with Gasteiger partial charge < -0.3 is 15.4 Å². The number of benzene rings is 2. The molecule has 1 aliphatic rings. The summed E-state index contributed by atoms with van der Waals surface area (Å²) in [5.41, 5.74) is 2.16. The number of hydrogen-bond donors (Lipinski definition) is 2. The number of anilines is 1. The van der Waals surface area contributed by atoms with Gasteiger partial charge in [-0.2, -0.15) is 0 Å². The van der Waals surface area contributed by atoms with Gasteiger partial charge in [0.25, 0.3) is 0 Å². The van der Waals surface area contributed by atoms with Crippen molar-refractivity contribution in [3.8, 4) is 10.4 Å². The van der Waals surface area contributed by atoms with Crippen molar-refractivity contribution < 1.29 is 22.7 Å². The highest BCUT2D eigenvalue weighted by Crippen LogP contribution is 2.35. The fraction of sp³-hybridized carbons (Fsp3) is 0.393. The molecule has 11 heteroatoms. The van der Waals surface area contributed by atoms with Crippen molar-refractivity contribution in [1.82, 2.24) is 10.3 Å². The number of thiazole rings is 1. The van der Waals surface area contributed by atoms with Gasteiger partial charge in [-0.15, -0.1) is 0 Å². The van der Waals surface area contributed by atoms with Gasteiger partial charge in [-0.25, -0.2) is 18.2 Å². The third kappa shape index (κ3) is 7.88. The van der Waals surface area contributed by atoms with Gasteiger partial charge in [-0.05, 0) is 68.8 Å². The van der Waals surface area contributed by atoms with Crippen molar-refractivity contribution in [3.63, 3.8) is 0 Å². The normalized spacial score (nSPS) is 14.7. The topological polar surface area (TPSA) is 114 Å². The van der Waals surface area contributed by atoms with Gasteiger partial charge in [-0.3, -0.25) is 4.79 Å². The summed E-state index contributed by atoms with van der Waals surface area (Å²) in [6, 6.07) is 13.7. The maximum Gasteiger partial charge on any atom is 0.328 e. The molecule has 2 aromatic carbocycles. The van der Waals surface area contributed by atoms with E-state index in [-0.39, 0.29) is 34.3 Å². The Morgan fingerprint density at radius 3 is 2.56 bits per heavy atom. The number of nitrogens with zero attached hydrogens (tertiary/aromatic N) is 1. The van der Waals surface area contributed by atoms with E-state index in [4.69, 9.17) is 16.3 Å². The quantitative estimate of drug-likeness (QED) is 0.217. The summed E-state index contributed by atoms with van der Waals surface area (Å²) < 4.78 is 29.8. The van der Waals surface area contributed by atoms with Crippen LogP contribution in [0, 0.1) is 6.92 Å². The molecule has 8 nitrogen and oxygen atoms in total. The van der Waals surface area contributed by atoms with Crippen LogP contribution in [0.25, 0.3) is 10.4 Å². The van der Waals surface area contributed by atoms with Crippen LogP contribution in [-0.2, 0) is 24.2 Å². The molecule has 1 fully saturated rings. The molecule has 0 unspecified atom stereocenters. The summed E-state index contributed by atoms with van der Waals surface area (Å²) in [7, 11) is -3.49. The van der Waals surface area contributed by atoms with Crippen LogP contribution >= 0.6 is 22.9 Å².